The third-order valence-electron chi connectivity index (χ3n) is 4.34. The van der Waals surface area contributed by atoms with Gasteiger partial charge in [-0.3, -0.25) is 0 Å². The highest BCUT2D eigenvalue weighted by Gasteiger charge is 2.34. The van der Waals surface area contributed by atoms with E-state index in [1.54, 1.807) is 0 Å². The van der Waals surface area contributed by atoms with Crippen LogP contribution in [0.25, 0.3) is 0 Å². The van der Waals surface area contributed by atoms with Crippen molar-refractivity contribution < 1.29 is 21.6 Å². The minimum absolute atomic E-state index is 0.290. The Bertz CT molecular complexity index is 433. The van der Waals surface area contributed by atoms with E-state index in [1.807, 2.05) is 0 Å². The average Bonchev–Trinajstić information content (AvgIpc) is 2.91. The molecule has 2 fully saturated rings. The molecule has 0 aromatic heterocycles. The molecule has 8 heteroatoms. The van der Waals surface area contributed by atoms with Crippen molar-refractivity contribution in [1.82, 2.24) is 9.62 Å². The molecule has 124 valence electrons. The molecule has 2 aliphatic heterocycles. The number of hydrogen-bond donors (Lipinski definition) is 1. The van der Waals surface area contributed by atoms with Gasteiger partial charge < -0.3 is 5.32 Å². The lowest BCUT2D eigenvalue weighted by atomic mass is 9.91. The molecule has 0 aromatic carbocycles. The van der Waals surface area contributed by atoms with Gasteiger partial charge in [-0.15, -0.1) is 0 Å². The largest absolute Gasteiger partial charge is 0.389 e. The molecule has 0 spiro atoms. The van der Waals surface area contributed by atoms with Crippen LogP contribution in [-0.2, 0) is 10.0 Å². The topological polar surface area (TPSA) is 49.4 Å². The van der Waals surface area contributed by atoms with Gasteiger partial charge in [-0.05, 0) is 44.6 Å². The predicted molar refractivity (Wildman–Crippen MR) is 74.4 cm³/mol. The van der Waals surface area contributed by atoms with Crippen molar-refractivity contribution >= 4 is 10.0 Å². The minimum Gasteiger partial charge on any atom is -0.314 e. The Labute approximate surface area is 124 Å². The van der Waals surface area contributed by atoms with Crippen LogP contribution in [0.1, 0.15) is 38.5 Å². The molecule has 0 aromatic rings. The summed E-state index contributed by atoms with van der Waals surface area (Å²) in [4.78, 5) is 0. The van der Waals surface area contributed by atoms with Gasteiger partial charge in [0.05, 0.1) is 5.75 Å². The van der Waals surface area contributed by atoms with Crippen LogP contribution in [0.4, 0.5) is 13.2 Å². The molecule has 2 rings (SSSR count). The Hall–Kier alpha value is -0.340. The van der Waals surface area contributed by atoms with Crippen LogP contribution in [-0.4, -0.2) is 50.3 Å². The van der Waals surface area contributed by atoms with Crippen molar-refractivity contribution in [1.29, 1.82) is 0 Å². The lowest BCUT2D eigenvalue weighted by Crippen LogP contribution is -2.46. The van der Waals surface area contributed by atoms with Gasteiger partial charge in [-0.25, -0.2) is 12.7 Å². The van der Waals surface area contributed by atoms with Gasteiger partial charge in [-0.1, -0.05) is 0 Å². The first-order valence-corrected chi connectivity index (χ1v) is 9.17. The first kappa shape index (κ1) is 17.0. The summed E-state index contributed by atoms with van der Waals surface area (Å²) in [6, 6.07) is 0.359. The normalized spacial score (nSPS) is 28.9. The first-order valence-electron chi connectivity index (χ1n) is 7.56. The number of alkyl halides is 3. The zero-order valence-electron chi connectivity index (χ0n) is 12.0. The highest BCUT2D eigenvalue weighted by molar-refractivity contribution is 7.89. The smallest absolute Gasteiger partial charge is 0.314 e. The summed E-state index contributed by atoms with van der Waals surface area (Å²) in [7, 11) is -3.56. The fourth-order valence-corrected chi connectivity index (χ4v) is 4.85. The van der Waals surface area contributed by atoms with Gasteiger partial charge in [0.15, 0.2) is 0 Å². The van der Waals surface area contributed by atoms with Gasteiger partial charge in [-0.2, -0.15) is 13.2 Å². The van der Waals surface area contributed by atoms with E-state index in [0.29, 0.717) is 25.0 Å². The molecule has 0 bridgehead atoms. The molecule has 0 amide bonds. The molecule has 4 nitrogen and oxygen atoms in total. The number of nitrogens with one attached hydrogen (secondary N) is 1. The molecule has 2 atom stereocenters. The summed E-state index contributed by atoms with van der Waals surface area (Å²) in [5.41, 5.74) is 0. The van der Waals surface area contributed by atoms with E-state index in [4.69, 9.17) is 0 Å². The van der Waals surface area contributed by atoms with Crippen LogP contribution in [0.15, 0.2) is 0 Å². The Morgan fingerprint density at radius 2 is 1.95 bits per heavy atom. The van der Waals surface area contributed by atoms with Crippen molar-refractivity contribution in [2.75, 3.05) is 25.4 Å². The molecule has 2 saturated heterocycles. The van der Waals surface area contributed by atoms with E-state index >= 15 is 0 Å². The fraction of sp³-hybridized carbons (Fsp3) is 1.00. The van der Waals surface area contributed by atoms with E-state index in [9.17, 15) is 21.6 Å². The Kier molecular flexibility index (Phi) is 5.54. The highest BCUT2D eigenvalue weighted by Crippen LogP contribution is 2.27. The van der Waals surface area contributed by atoms with Crippen LogP contribution in [0, 0.1) is 5.92 Å². The molecule has 0 saturated carbocycles. The summed E-state index contributed by atoms with van der Waals surface area (Å²) >= 11 is 0. The summed E-state index contributed by atoms with van der Waals surface area (Å²) in [5.74, 6) is -0.115. The van der Waals surface area contributed by atoms with Crippen LogP contribution in [0.3, 0.4) is 0 Å². The number of hydrogen-bond acceptors (Lipinski definition) is 3. The van der Waals surface area contributed by atoms with Gasteiger partial charge in [0.2, 0.25) is 10.0 Å². The zero-order valence-corrected chi connectivity index (χ0v) is 12.8. The maximum atomic E-state index is 12.2. The van der Waals surface area contributed by atoms with Crippen LogP contribution < -0.4 is 5.32 Å². The molecule has 2 unspecified atom stereocenters. The number of halogens is 3. The minimum atomic E-state index is -4.28. The summed E-state index contributed by atoms with van der Waals surface area (Å²) in [6.07, 6.45) is -1.71. The maximum absolute atomic E-state index is 12.2. The average molecular weight is 328 g/mol. The number of nitrogens with zero attached hydrogens (tertiary/aromatic N) is 1. The molecular formula is C13H23F3N2O2S. The lowest BCUT2D eigenvalue weighted by molar-refractivity contribution is -0.134. The lowest BCUT2D eigenvalue weighted by Gasteiger charge is -2.35. The molecule has 1 N–H and O–H groups in total. The highest BCUT2D eigenvalue weighted by atomic mass is 32.2. The van der Waals surface area contributed by atoms with E-state index in [0.717, 1.165) is 32.2 Å². The third kappa shape index (κ3) is 5.10. The van der Waals surface area contributed by atoms with Crippen molar-refractivity contribution in [3.8, 4) is 0 Å². The van der Waals surface area contributed by atoms with E-state index in [2.05, 4.69) is 5.32 Å². The monoisotopic (exact) mass is 328 g/mol. The van der Waals surface area contributed by atoms with Crippen molar-refractivity contribution in [2.45, 2.75) is 50.7 Å². The molecule has 2 heterocycles. The molecule has 0 aliphatic carbocycles. The second-order valence-corrected chi connectivity index (χ2v) is 8.09. The Morgan fingerprint density at radius 1 is 1.19 bits per heavy atom. The van der Waals surface area contributed by atoms with Crippen molar-refractivity contribution in [3.05, 3.63) is 0 Å². The zero-order chi connectivity index (χ0) is 15.5. The van der Waals surface area contributed by atoms with Gasteiger partial charge >= 0.3 is 6.18 Å². The fourth-order valence-electron chi connectivity index (χ4n) is 3.25. The molecular weight excluding hydrogens is 305 g/mol. The Morgan fingerprint density at radius 3 is 2.57 bits per heavy atom. The number of rotatable bonds is 5. The van der Waals surface area contributed by atoms with Crippen LogP contribution in [0.5, 0.6) is 0 Å². The van der Waals surface area contributed by atoms with Gasteiger partial charge in [0, 0.05) is 25.6 Å². The van der Waals surface area contributed by atoms with Crippen LogP contribution in [0.2, 0.25) is 0 Å². The summed E-state index contributed by atoms with van der Waals surface area (Å²) in [6.45, 7) is 1.86. The quantitative estimate of drug-likeness (QED) is 0.841. The van der Waals surface area contributed by atoms with Crippen molar-refractivity contribution in [3.63, 3.8) is 0 Å². The van der Waals surface area contributed by atoms with E-state index < -0.39 is 28.4 Å². The van der Waals surface area contributed by atoms with Crippen LogP contribution >= 0.6 is 0 Å². The second-order valence-electron chi connectivity index (χ2n) is 6.00. The second kappa shape index (κ2) is 6.83. The Balaban J connectivity index is 1.86. The number of piperidine rings is 1. The first-order chi connectivity index (χ1) is 9.78. The maximum Gasteiger partial charge on any atom is 0.389 e. The van der Waals surface area contributed by atoms with Gasteiger partial charge in [0.25, 0.3) is 0 Å². The summed E-state index contributed by atoms with van der Waals surface area (Å²) in [5, 5.41) is 3.39. The number of sulfonamides is 1. The van der Waals surface area contributed by atoms with Crippen molar-refractivity contribution in [2.24, 2.45) is 5.92 Å². The molecule has 0 radical (unpaired) electrons. The standard InChI is InChI=1S/C13H23F3N2O2S/c14-13(15,16)6-3-9-21(19,20)18-8-2-4-11(10-18)12-5-1-7-17-12/h11-12,17H,1-10H2. The molecule has 21 heavy (non-hydrogen) atoms. The van der Waals surface area contributed by atoms with E-state index in [-0.39, 0.29) is 6.42 Å². The third-order valence-corrected chi connectivity index (χ3v) is 6.27. The predicted octanol–water partition coefficient (Wildman–Crippen LogP) is 2.12. The molecule has 2 aliphatic rings. The van der Waals surface area contributed by atoms with Gasteiger partial charge in [0.1, 0.15) is 0 Å². The SMILES string of the molecule is O=S(=O)(CCCC(F)(F)F)N1CCCC(C2CCCN2)C1. The summed E-state index contributed by atoms with van der Waals surface area (Å²) < 4.78 is 62.1. The van der Waals surface area contributed by atoms with E-state index in [1.165, 1.54) is 4.31 Å².